The zero-order valence-electron chi connectivity index (χ0n) is 14.8. The molecule has 2 aromatic carbocycles. The summed E-state index contributed by atoms with van der Waals surface area (Å²) in [5, 5.41) is 7.09. The summed E-state index contributed by atoms with van der Waals surface area (Å²) in [6.07, 6.45) is 0.267. The molecule has 1 unspecified atom stereocenters. The van der Waals surface area contributed by atoms with Gasteiger partial charge in [-0.1, -0.05) is 42.5 Å². The highest BCUT2D eigenvalue weighted by atomic mass is 32.1. The van der Waals surface area contributed by atoms with Crippen LogP contribution in [0.15, 0.2) is 71.4 Å². The lowest BCUT2D eigenvalue weighted by Gasteiger charge is -2.16. The van der Waals surface area contributed by atoms with Gasteiger partial charge in [0.25, 0.3) is 0 Å². The van der Waals surface area contributed by atoms with Crippen LogP contribution in [0.4, 0.5) is 5.69 Å². The average molecular weight is 376 g/mol. The van der Waals surface area contributed by atoms with Gasteiger partial charge in [0, 0.05) is 25.2 Å². The van der Waals surface area contributed by atoms with Crippen LogP contribution in [0.25, 0.3) is 11.1 Å². The summed E-state index contributed by atoms with van der Waals surface area (Å²) in [7, 11) is 0. The van der Waals surface area contributed by atoms with Crippen LogP contribution in [0.3, 0.4) is 0 Å². The fourth-order valence-corrected chi connectivity index (χ4v) is 4.02. The van der Waals surface area contributed by atoms with Crippen LogP contribution >= 0.6 is 11.3 Å². The number of carbonyl (C=O) groups is 2. The van der Waals surface area contributed by atoms with Crippen LogP contribution in [0.2, 0.25) is 0 Å². The number of benzene rings is 2. The smallest absolute Gasteiger partial charge is 0.229 e. The van der Waals surface area contributed by atoms with Gasteiger partial charge < -0.3 is 10.2 Å². The Morgan fingerprint density at radius 2 is 1.93 bits per heavy atom. The molecule has 0 bridgehead atoms. The second kappa shape index (κ2) is 7.76. The molecule has 1 aromatic heterocycles. The van der Waals surface area contributed by atoms with E-state index >= 15 is 0 Å². The summed E-state index contributed by atoms with van der Waals surface area (Å²) in [6, 6.07) is 19.7. The molecule has 1 N–H and O–H groups in total. The van der Waals surface area contributed by atoms with Crippen LogP contribution in [0.1, 0.15) is 12.0 Å². The average Bonchev–Trinajstić information content (AvgIpc) is 3.34. The van der Waals surface area contributed by atoms with E-state index in [-0.39, 0.29) is 24.2 Å². The first-order valence-corrected chi connectivity index (χ1v) is 9.88. The SMILES string of the molecule is O=C(Nc1cccc(-c2ccsc2)c1)C1CC(=O)N(Cc2ccccc2)C1. The second-order valence-corrected chi connectivity index (χ2v) is 7.52. The summed E-state index contributed by atoms with van der Waals surface area (Å²) >= 11 is 1.65. The molecule has 2 heterocycles. The molecule has 1 atom stereocenters. The van der Waals surface area contributed by atoms with Crippen molar-refractivity contribution in [2.24, 2.45) is 5.92 Å². The number of rotatable bonds is 5. The standard InChI is InChI=1S/C22H20N2O2S/c25-21-12-19(14-24(21)13-16-5-2-1-3-6-16)22(26)23-20-8-4-7-17(11-20)18-9-10-27-15-18/h1-11,15,19H,12-14H2,(H,23,26). The molecule has 0 radical (unpaired) electrons. The molecule has 4 rings (SSSR count). The van der Waals surface area contributed by atoms with Crippen molar-refractivity contribution in [3.05, 3.63) is 77.0 Å². The van der Waals surface area contributed by atoms with Gasteiger partial charge in [-0.15, -0.1) is 0 Å². The van der Waals surface area contributed by atoms with Crippen LogP contribution < -0.4 is 5.32 Å². The molecular weight excluding hydrogens is 356 g/mol. The van der Waals surface area contributed by atoms with E-state index in [1.165, 1.54) is 0 Å². The minimum Gasteiger partial charge on any atom is -0.338 e. The van der Waals surface area contributed by atoms with Gasteiger partial charge in [-0.05, 0) is 45.6 Å². The van der Waals surface area contributed by atoms with Crippen molar-refractivity contribution in [2.45, 2.75) is 13.0 Å². The summed E-state index contributed by atoms with van der Waals surface area (Å²) in [4.78, 5) is 26.7. The molecule has 1 fully saturated rings. The molecule has 27 heavy (non-hydrogen) atoms. The number of hydrogen-bond donors (Lipinski definition) is 1. The van der Waals surface area contributed by atoms with Gasteiger partial charge in [-0.25, -0.2) is 0 Å². The molecule has 136 valence electrons. The first-order chi connectivity index (χ1) is 13.2. The maximum absolute atomic E-state index is 12.7. The maximum Gasteiger partial charge on any atom is 0.229 e. The predicted molar refractivity (Wildman–Crippen MR) is 108 cm³/mol. The Labute approximate surface area is 162 Å². The largest absolute Gasteiger partial charge is 0.338 e. The third-order valence-electron chi connectivity index (χ3n) is 4.79. The van der Waals surface area contributed by atoms with E-state index in [4.69, 9.17) is 0 Å². The Morgan fingerprint density at radius 1 is 1.07 bits per heavy atom. The Hall–Kier alpha value is -2.92. The summed E-state index contributed by atoms with van der Waals surface area (Å²) in [6.45, 7) is 1.01. The van der Waals surface area contributed by atoms with Crippen LogP contribution in [0, 0.1) is 5.92 Å². The first kappa shape index (κ1) is 17.5. The molecule has 0 saturated carbocycles. The second-order valence-electron chi connectivity index (χ2n) is 6.74. The monoisotopic (exact) mass is 376 g/mol. The number of nitrogens with one attached hydrogen (secondary N) is 1. The van der Waals surface area contributed by atoms with Gasteiger partial charge >= 0.3 is 0 Å². The zero-order valence-corrected chi connectivity index (χ0v) is 15.6. The third-order valence-corrected chi connectivity index (χ3v) is 5.47. The molecule has 5 heteroatoms. The van der Waals surface area contributed by atoms with Crippen LogP contribution in [-0.4, -0.2) is 23.3 Å². The molecule has 1 aliphatic heterocycles. The lowest BCUT2D eigenvalue weighted by molar-refractivity contribution is -0.128. The number of nitrogens with zero attached hydrogens (tertiary/aromatic N) is 1. The highest BCUT2D eigenvalue weighted by Crippen LogP contribution is 2.26. The quantitative estimate of drug-likeness (QED) is 0.717. The zero-order chi connectivity index (χ0) is 18.6. The summed E-state index contributed by atoms with van der Waals surface area (Å²) in [5.74, 6) is -0.376. The molecule has 1 saturated heterocycles. The number of anilines is 1. The maximum atomic E-state index is 12.7. The predicted octanol–water partition coefficient (Wildman–Crippen LogP) is 4.40. The molecule has 0 aliphatic carbocycles. The van der Waals surface area contributed by atoms with E-state index in [1.54, 1.807) is 16.2 Å². The van der Waals surface area contributed by atoms with Crippen LogP contribution in [-0.2, 0) is 16.1 Å². The van der Waals surface area contributed by atoms with Crippen molar-refractivity contribution in [2.75, 3.05) is 11.9 Å². The number of likely N-dealkylation sites (tertiary alicyclic amines) is 1. The Morgan fingerprint density at radius 3 is 2.70 bits per heavy atom. The highest BCUT2D eigenvalue weighted by molar-refractivity contribution is 7.08. The first-order valence-electron chi connectivity index (χ1n) is 8.94. The van der Waals surface area contributed by atoms with Gasteiger partial charge in [0.15, 0.2) is 0 Å². The number of carbonyl (C=O) groups excluding carboxylic acids is 2. The van der Waals surface area contributed by atoms with E-state index in [2.05, 4.69) is 16.8 Å². The fraction of sp³-hybridized carbons (Fsp3) is 0.182. The van der Waals surface area contributed by atoms with E-state index in [0.29, 0.717) is 13.1 Å². The molecule has 1 aliphatic rings. The molecule has 0 spiro atoms. The minimum atomic E-state index is -0.314. The van der Waals surface area contributed by atoms with Crippen molar-refractivity contribution in [1.82, 2.24) is 4.90 Å². The third kappa shape index (κ3) is 4.09. The van der Waals surface area contributed by atoms with Gasteiger partial charge in [-0.3, -0.25) is 9.59 Å². The minimum absolute atomic E-state index is 0.0334. The van der Waals surface area contributed by atoms with E-state index in [0.717, 1.165) is 22.4 Å². The molecular formula is C22H20N2O2S. The lowest BCUT2D eigenvalue weighted by atomic mass is 10.1. The Balaban J connectivity index is 1.40. The Bertz CT molecular complexity index is 938. The van der Waals surface area contributed by atoms with E-state index in [1.807, 2.05) is 60.0 Å². The summed E-state index contributed by atoms with van der Waals surface area (Å²) in [5.41, 5.74) is 4.05. The van der Waals surface area contributed by atoms with Gasteiger partial charge in [0.1, 0.15) is 0 Å². The van der Waals surface area contributed by atoms with Gasteiger partial charge in [0.05, 0.1) is 5.92 Å². The highest BCUT2D eigenvalue weighted by Gasteiger charge is 2.34. The number of thiophene rings is 1. The fourth-order valence-electron chi connectivity index (χ4n) is 3.35. The van der Waals surface area contributed by atoms with E-state index < -0.39 is 0 Å². The van der Waals surface area contributed by atoms with E-state index in [9.17, 15) is 9.59 Å². The topological polar surface area (TPSA) is 49.4 Å². The van der Waals surface area contributed by atoms with Crippen molar-refractivity contribution in [3.8, 4) is 11.1 Å². The van der Waals surface area contributed by atoms with Crippen molar-refractivity contribution in [3.63, 3.8) is 0 Å². The normalized spacial score (nSPS) is 16.5. The Kier molecular flexibility index (Phi) is 5.03. The van der Waals surface area contributed by atoms with Crippen molar-refractivity contribution >= 4 is 28.8 Å². The summed E-state index contributed by atoms with van der Waals surface area (Å²) < 4.78 is 0. The number of amides is 2. The molecule has 2 amide bonds. The molecule has 3 aromatic rings. The number of hydrogen-bond acceptors (Lipinski definition) is 3. The van der Waals surface area contributed by atoms with Crippen LogP contribution in [0.5, 0.6) is 0 Å². The molecule has 4 nitrogen and oxygen atoms in total. The van der Waals surface area contributed by atoms with Gasteiger partial charge in [-0.2, -0.15) is 11.3 Å². The van der Waals surface area contributed by atoms with Crippen molar-refractivity contribution in [1.29, 1.82) is 0 Å². The van der Waals surface area contributed by atoms with Gasteiger partial charge in [0.2, 0.25) is 11.8 Å². The van der Waals surface area contributed by atoms with Crippen molar-refractivity contribution < 1.29 is 9.59 Å². The lowest BCUT2D eigenvalue weighted by Crippen LogP contribution is -2.28.